The average Bonchev–Trinajstić information content (AvgIpc) is 2.27. The van der Waals surface area contributed by atoms with E-state index in [1.807, 2.05) is 5.48 Å². The van der Waals surface area contributed by atoms with Gasteiger partial charge < -0.3 is 5.11 Å². The quantitative estimate of drug-likeness (QED) is 0.795. The zero-order valence-electron chi connectivity index (χ0n) is 8.65. The van der Waals surface area contributed by atoms with Gasteiger partial charge in [0.2, 0.25) is 0 Å². The standard InChI is InChI=1S/C9H6F3N3O3/c10-9(11,12)6-2-1-5(3-13)8(14-6)15-18-4-7(16)17/h1-2H,4H2,(H,14,15)(H,16,17). The van der Waals surface area contributed by atoms with Crippen LogP contribution in [0.25, 0.3) is 0 Å². The highest BCUT2D eigenvalue weighted by Gasteiger charge is 2.33. The molecule has 9 heteroatoms. The third-order valence-corrected chi connectivity index (χ3v) is 1.67. The number of hydrogen-bond donors (Lipinski definition) is 2. The summed E-state index contributed by atoms with van der Waals surface area (Å²) in [5.41, 5.74) is 0.473. The fourth-order valence-corrected chi connectivity index (χ4v) is 0.951. The van der Waals surface area contributed by atoms with E-state index in [1.54, 1.807) is 6.07 Å². The minimum absolute atomic E-state index is 0.201. The third kappa shape index (κ3) is 3.60. The number of pyridine rings is 1. The van der Waals surface area contributed by atoms with Gasteiger partial charge in [0, 0.05) is 0 Å². The number of aromatic nitrogens is 1. The average molecular weight is 261 g/mol. The van der Waals surface area contributed by atoms with Gasteiger partial charge in [0.05, 0.1) is 5.56 Å². The van der Waals surface area contributed by atoms with Gasteiger partial charge in [-0.1, -0.05) is 0 Å². The number of nitrogens with zero attached hydrogens (tertiary/aromatic N) is 2. The Balaban J connectivity index is 2.93. The van der Waals surface area contributed by atoms with Crippen LogP contribution in [0.1, 0.15) is 11.3 Å². The molecule has 0 bridgehead atoms. The lowest BCUT2D eigenvalue weighted by Crippen LogP contribution is -2.15. The van der Waals surface area contributed by atoms with Crippen molar-refractivity contribution in [2.45, 2.75) is 6.18 Å². The first kappa shape index (κ1) is 13.7. The molecule has 0 unspecified atom stereocenters. The molecule has 1 rings (SSSR count). The third-order valence-electron chi connectivity index (χ3n) is 1.67. The molecular formula is C9H6F3N3O3. The van der Waals surface area contributed by atoms with Crippen LogP contribution >= 0.6 is 0 Å². The van der Waals surface area contributed by atoms with E-state index in [4.69, 9.17) is 10.4 Å². The summed E-state index contributed by atoms with van der Waals surface area (Å²) in [4.78, 5) is 17.6. The van der Waals surface area contributed by atoms with Crippen LogP contribution in [0.5, 0.6) is 0 Å². The predicted octanol–water partition coefficient (Wildman–Crippen LogP) is 1.40. The van der Waals surface area contributed by atoms with Crippen molar-refractivity contribution in [2.75, 3.05) is 12.1 Å². The second-order valence-corrected chi connectivity index (χ2v) is 2.99. The van der Waals surface area contributed by atoms with Gasteiger partial charge in [-0.25, -0.2) is 15.3 Å². The molecule has 0 amide bonds. The van der Waals surface area contributed by atoms with Crippen molar-refractivity contribution >= 4 is 11.8 Å². The number of anilines is 1. The van der Waals surface area contributed by atoms with Crippen LogP contribution in [-0.2, 0) is 15.8 Å². The summed E-state index contributed by atoms with van der Waals surface area (Å²) in [6.07, 6.45) is -4.67. The Hall–Kier alpha value is -2.34. The molecule has 2 N–H and O–H groups in total. The van der Waals surface area contributed by atoms with E-state index in [-0.39, 0.29) is 5.56 Å². The maximum atomic E-state index is 12.3. The van der Waals surface area contributed by atoms with Crippen LogP contribution < -0.4 is 5.48 Å². The van der Waals surface area contributed by atoms with E-state index in [0.29, 0.717) is 6.07 Å². The fraction of sp³-hybridized carbons (Fsp3) is 0.222. The number of alkyl halides is 3. The minimum Gasteiger partial charge on any atom is -0.479 e. The van der Waals surface area contributed by atoms with Crippen LogP contribution in [0.4, 0.5) is 19.0 Å². The summed E-state index contributed by atoms with van der Waals surface area (Å²) in [6, 6.07) is 3.14. The first-order chi connectivity index (χ1) is 8.34. The topological polar surface area (TPSA) is 95.2 Å². The number of halogens is 3. The fourth-order valence-electron chi connectivity index (χ4n) is 0.951. The SMILES string of the molecule is N#Cc1ccc(C(F)(F)F)nc1NOCC(=O)O. The summed E-state index contributed by atoms with van der Waals surface area (Å²) in [5, 5.41) is 16.9. The molecule has 0 saturated heterocycles. The first-order valence-corrected chi connectivity index (χ1v) is 4.42. The van der Waals surface area contributed by atoms with Gasteiger partial charge in [0.1, 0.15) is 11.8 Å². The summed E-state index contributed by atoms with van der Waals surface area (Å²) in [5.74, 6) is -1.82. The van der Waals surface area contributed by atoms with Gasteiger partial charge >= 0.3 is 12.1 Å². The van der Waals surface area contributed by atoms with Gasteiger partial charge in [0.15, 0.2) is 12.4 Å². The van der Waals surface area contributed by atoms with E-state index >= 15 is 0 Å². The van der Waals surface area contributed by atoms with Crippen molar-refractivity contribution in [1.82, 2.24) is 4.98 Å². The maximum absolute atomic E-state index is 12.3. The second-order valence-electron chi connectivity index (χ2n) is 2.99. The van der Waals surface area contributed by atoms with Crippen molar-refractivity contribution in [1.29, 1.82) is 5.26 Å². The van der Waals surface area contributed by atoms with Crippen molar-refractivity contribution < 1.29 is 27.9 Å². The van der Waals surface area contributed by atoms with Crippen LogP contribution in [0.3, 0.4) is 0 Å². The Labute approximate surface area is 98.6 Å². The highest BCUT2D eigenvalue weighted by molar-refractivity contribution is 5.68. The van der Waals surface area contributed by atoms with Crippen LogP contribution in [0.15, 0.2) is 12.1 Å². The minimum atomic E-state index is -4.67. The molecule has 6 nitrogen and oxygen atoms in total. The molecule has 0 fully saturated rings. The van der Waals surface area contributed by atoms with E-state index < -0.39 is 30.3 Å². The number of nitriles is 1. The number of rotatable bonds is 4. The van der Waals surface area contributed by atoms with E-state index in [9.17, 15) is 18.0 Å². The van der Waals surface area contributed by atoms with Crippen LogP contribution in [0.2, 0.25) is 0 Å². The first-order valence-electron chi connectivity index (χ1n) is 4.42. The molecule has 0 aliphatic heterocycles. The zero-order chi connectivity index (χ0) is 13.8. The van der Waals surface area contributed by atoms with E-state index in [0.717, 1.165) is 6.07 Å². The number of carboxylic acids is 1. The van der Waals surface area contributed by atoms with Crippen molar-refractivity contribution in [2.24, 2.45) is 0 Å². The Morgan fingerprint density at radius 3 is 2.72 bits per heavy atom. The van der Waals surface area contributed by atoms with Gasteiger partial charge in [0.25, 0.3) is 0 Å². The Morgan fingerprint density at radius 2 is 2.22 bits per heavy atom. The maximum Gasteiger partial charge on any atom is 0.433 e. The highest BCUT2D eigenvalue weighted by Crippen LogP contribution is 2.29. The molecule has 0 radical (unpaired) electrons. The van der Waals surface area contributed by atoms with Gasteiger partial charge in [-0.15, -0.1) is 0 Å². The summed E-state index contributed by atoms with van der Waals surface area (Å²) >= 11 is 0. The lowest BCUT2D eigenvalue weighted by atomic mass is 10.2. The number of aliphatic carboxylic acids is 1. The summed E-state index contributed by atoms with van der Waals surface area (Å²) < 4.78 is 37.0. The Morgan fingerprint density at radius 1 is 1.56 bits per heavy atom. The number of hydrogen-bond acceptors (Lipinski definition) is 5. The number of carboxylic acid groups (broad SMARTS) is 1. The zero-order valence-corrected chi connectivity index (χ0v) is 8.65. The van der Waals surface area contributed by atoms with Crippen molar-refractivity contribution in [3.05, 3.63) is 23.4 Å². The largest absolute Gasteiger partial charge is 0.479 e. The predicted molar refractivity (Wildman–Crippen MR) is 51.2 cm³/mol. The van der Waals surface area contributed by atoms with Gasteiger partial charge in [-0.3, -0.25) is 4.84 Å². The lowest BCUT2D eigenvalue weighted by molar-refractivity contribution is -0.142. The van der Waals surface area contributed by atoms with Crippen LogP contribution in [0, 0.1) is 11.3 Å². The molecule has 0 atom stereocenters. The Bertz CT molecular complexity index is 496. The monoisotopic (exact) mass is 261 g/mol. The lowest BCUT2D eigenvalue weighted by Gasteiger charge is -2.10. The van der Waals surface area contributed by atoms with E-state index in [1.165, 1.54) is 0 Å². The second kappa shape index (κ2) is 5.33. The molecule has 1 heterocycles. The van der Waals surface area contributed by atoms with Crippen molar-refractivity contribution in [3.63, 3.8) is 0 Å². The van der Waals surface area contributed by atoms with Gasteiger partial charge in [-0.2, -0.15) is 18.4 Å². The van der Waals surface area contributed by atoms with E-state index in [2.05, 4.69) is 9.82 Å². The number of carbonyl (C=O) groups is 1. The summed E-state index contributed by atoms with van der Waals surface area (Å²) in [6.45, 7) is -0.789. The molecule has 0 saturated carbocycles. The molecule has 96 valence electrons. The molecule has 0 aliphatic rings. The molecular weight excluding hydrogens is 255 g/mol. The normalized spacial score (nSPS) is 10.8. The Kier molecular flexibility index (Phi) is 4.06. The smallest absolute Gasteiger partial charge is 0.433 e. The van der Waals surface area contributed by atoms with Crippen LogP contribution in [-0.4, -0.2) is 22.7 Å². The molecule has 18 heavy (non-hydrogen) atoms. The molecule has 1 aromatic heterocycles. The van der Waals surface area contributed by atoms with Gasteiger partial charge in [-0.05, 0) is 12.1 Å². The highest BCUT2D eigenvalue weighted by atomic mass is 19.4. The molecule has 0 spiro atoms. The molecule has 0 aliphatic carbocycles. The number of nitrogens with one attached hydrogen (secondary N) is 1. The van der Waals surface area contributed by atoms with Crippen molar-refractivity contribution in [3.8, 4) is 6.07 Å². The summed E-state index contributed by atoms with van der Waals surface area (Å²) in [7, 11) is 0. The molecule has 0 aromatic carbocycles. The molecule has 1 aromatic rings.